The SMILES string of the molecule is COc1ccc(C2C=C3Nc4ccccc4NC(c4cc(OC)c(OC)cc4OC)C3C(=O)C2)cc1. The zero-order valence-electron chi connectivity index (χ0n) is 20.8. The lowest BCUT2D eigenvalue weighted by molar-refractivity contribution is -0.122. The monoisotopic (exact) mass is 486 g/mol. The van der Waals surface area contributed by atoms with Crippen molar-refractivity contribution < 1.29 is 23.7 Å². The van der Waals surface area contributed by atoms with Crippen molar-refractivity contribution in [3.05, 3.63) is 83.6 Å². The molecule has 3 aromatic rings. The Labute approximate surface area is 211 Å². The largest absolute Gasteiger partial charge is 0.497 e. The van der Waals surface area contributed by atoms with Crippen LogP contribution in [0.15, 0.2) is 72.4 Å². The van der Waals surface area contributed by atoms with Gasteiger partial charge in [0.15, 0.2) is 11.5 Å². The molecule has 3 atom stereocenters. The minimum absolute atomic E-state index is 0.0413. The second-order valence-corrected chi connectivity index (χ2v) is 8.89. The molecule has 2 N–H and O–H groups in total. The van der Waals surface area contributed by atoms with Gasteiger partial charge in [0.2, 0.25) is 0 Å². The number of anilines is 2. The van der Waals surface area contributed by atoms with Crippen molar-refractivity contribution in [3.8, 4) is 23.0 Å². The van der Waals surface area contributed by atoms with Gasteiger partial charge in [0, 0.05) is 29.7 Å². The van der Waals surface area contributed by atoms with E-state index in [1.807, 2.05) is 54.6 Å². The van der Waals surface area contributed by atoms with E-state index in [9.17, 15) is 4.79 Å². The van der Waals surface area contributed by atoms with Gasteiger partial charge in [0.25, 0.3) is 0 Å². The van der Waals surface area contributed by atoms with Crippen LogP contribution >= 0.6 is 0 Å². The van der Waals surface area contributed by atoms with Gasteiger partial charge in [-0.1, -0.05) is 30.3 Å². The van der Waals surface area contributed by atoms with E-state index in [4.69, 9.17) is 18.9 Å². The molecule has 0 saturated carbocycles. The number of Topliss-reactive ketones (excluding diaryl/α,β-unsaturated/α-hetero) is 1. The maximum absolute atomic E-state index is 13.9. The van der Waals surface area contributed by atoms with Gasteiger partial charge in [-0.15, -0.1) is 0 Å². The summed E-state index contributed by atoms with van der Waals surface area (Å²) in [7, 11) is 6.45. The number of nitrogens with one attached hydrogen (secondary N) is 2. The highest BCUT2D eigenvalue weighted by Crippen LogP contribution is 2.48. The fraction of sp³-hybridized carbons (Fsp3) is 0.276. The summed E-state index contributed by atoms with van der Waals surface area (Å²) in [6.45, 7) is 0. The Morgan fingerprint density at radius 2 is 1.44 bits per heavy atom. The molecular formula is C29H30N2O5. The highest BCUT2D eigenvalue weighted by molar-refractivity contribution is 5.91. The Bertz CT molecular complexity index is 1300. The Morgan fingerprint density at radius 3 is 2.11 bits per heavy atom. The third-order valence-corrected chi connectivity index (χ3v) is 6.95. The van der Waals surface area contributed by atoms with Crippen molar-refractivity contribution in [2.75, 3.05) is 39.1 Å². The first-order valence-electron chi connectivity index (χ1n) is 11.9. The van der Waals surface area contributed by atoms with Gasteiger partial charge in [0.05, 0.1) is 51.8 Å². The first kappa shape index (κ1) is 23.6. The second-order valence-electron chi connectivity index (χ2n) is 8.89. The third-order valence-electron chi connectivity index (χ3n) is 6.95. The molecule has 2 aliphatic rings. The minimum atomic E-state index is -0.445. The summed E-state index contributed by atoms with van der Waals surface area (Å²) in [5.41, 5.74) is 4.58. The van der Waals surface area contributed by atoms with E-state index in [2.05, 4.69) is 16.7 Å². The number of carbonyl (C=O) groups is 1. The van der Waals surface area contributed by atoms with Crippen LogP contribution in [0.3, 0.4) is 0 Å². The lowest BCUT2D eigenvalue weighted by Gasteiger charge is -2.33. The van der Waals surface area contributed by atoms with Crippen molar-refractivity contribution in [2.24, 2.45) is 5.92 Å². The molecule has 186 valence electrons. The zero-order chi connectivity index (χ0) is 25.2. The number of hydrogen-bond donors (Lipinski definition) is 2. The van der Waals surface area contributed by atoms with Crippen molar-refractivity contribution in [2.45, 2.75) is 18.4 Å². The van der Waals surface area contributed by atoms with Crippen LogP contribution in [0.25, 0.3) is 0 Å². The Hall–Kier alpha value is -4.13. The highest BCUT2D eigenvalue weighted by atomic mass is 16.5. The number of rotatable bonds is 6. The predicted octanol–water partition coefficient (Wildman–Crippen LogP) is 5.56. The molecule has 0 aromatic heterocycles. The Balaban J connectivity index is 1.64. The topological polar surface area (TPSA) is 78.1 Å². The lowest BCUT2D eigenvalue weighted by Crippen LogP contribution is -2.34. The molecule has 1 aliphatic heterocycles. The van der Waals surface area contributed by atoms with E-state index >= 15 is 0 Å². The van der Waals surface area contributed by atoms with Gasteiger partial charge in [-0.25, -0.2) is 0 Å². The molecule has 7 nitrogen and oxygen atoms in total. The molecule has 5 rings (SSSR count). The van der Waals surface area contributed by atoms with E-state index in [1.165, 1.54) is 0 Å². The molecule has 36 heavy (non-hydrogen) atoms. The first-order chi connectivity index (χ1) is 17.6. The van der Waals surface area contributed by atoms with Gasteiger partial charge >= 0.3 is 0 Å². The summed E-state index contributed by atoms with van der Waals surface area (Å²) >= 11 is 0. The second kappa shape index (κ2) is 9.85. The number of benzene rings is 3. The fourth-order valence-electron chi connectivity index (χ4n) is 5.12. The summed E-state index contributed by atoms with van der Waals surface area (Å²) in [4.78, 5) is 13.9. The van der Waals surface area contributed by atoms with Crippen LogP contribution in [0.4, 0.5) is 11.4 Å². The number of para-hydroxylation sites is 2. The van der Waals surface area contributed by atoms with E-state index in [0.29, 0.717) is 23.7 Å². The molecule has 0 amide bonds. The fourth-order valence-corrected chi connectivity index (χ4v) is 5.12. The predicted molar refractivity (Wildman–Crippen MR) is 139 cm³/mol. The summed E-state index contributed by atoms with van der Waals surface area (Å²) in [5, 5.41) is 7.18. The molecule has 1 aliphatic carbocycles. The number of carbonyl (C=O) groups excluding carboxylic acids is 1. The van der Waals surface area contributed by atoms with Gasteiger partial charge < -0.3 is 29.6 Å². The van der Waals surface area contributed by atoms with Crippen molar-refractivity contribution >= 4 is 17.2 Å². The quantitative estimate of drug-likeness (QED) is 0.473. The van der Waals surface area contributed by atoms with Gasteiger partial charge in [0.1, 0.15) is 17.3 Å². The van der Waals surface area contributed by atoms with Crippen LogP contribution in [0, 0.1) is 5.92 Å². The third kappa shape index (κ3) is 4.21. The van der Waals surface area contributed by atoms with E-state index in [1.54, 1.807) is 34.5 Å². The lowest BCUT2D eigenvalue weighted by atomic mass is 9.76. The van der Waals surface area contributed by atoms with Crippen LogP contribution in [0.1, 0.15) is 29.5 Å². The maximum Gasteiger partial charge on any atom is 0.164 e. The highest BCUT2D eigenvalue weighted by Gasteiger charge is 2.41. The molecular weight excluding hydrogens is 456 g/mol. The molecule has 7 heteroatoms. The van der Waals surface area contributed by atoms with Gasteiger partial charge in [-0.3, -0.25) is 4.79 Å². The number of ether oxygens (including phenoxy) is 4. The standard InChI is InChI=1S/C29H30N2O5/c1-33-19-11-9-17(10-12-19)18-13-23-28(24(32)14-18)29(31-22-8-6-5-7-21(22)30-23)20-15-26(35-3)27(36-4)16-25(20)34-2/h5-13,15-16,18,28-31H,14H2,1-4H3. The van der Waals surface area contributed by atoms with Crippen LogP contribution < -0.4 is 29.6 Å². The van der Waals surface area contributed by atoms with Crippen molar-refractivity contribution in [3.63, 3.8) is 0 Å². The van der Waals surface area contributed by atoms with Crippen LogP contribution in [0.2, 0.25) is 0 Å². The summed E-state index contributed by atoms with van der Waals surface area (Å²) in [5.74, 6) is 2.20. The molecule has 3 aromatic carbocycles. The molecule has 1 heterocycles. The number of hydrogen-bond acceptors (Lipinski definition) is 7. The first-order valence-corrected chi connectivity index (χ1v) is 11.9. The number of allylic oxidation sites excluding steroid dienone is 1. The Kier molecular flexibility index (Phi) is 6.46. The van der Waals surface area contributed by atoms with Crippen LogP contribution in [-0.4, -0.2) is 34.2 Å². The smallest absolute Gasteiger partial charge is 0.164 e. The average Bonchev–Trinajstić information content (AvgIpc) is 3.09. The summed E-state index contributed by atoms with van der Waals surface area (Å²) < 4.78 is 22.1. The van der Waals surface area contributed by atoms with Gasteiger partial charge in [-0.05, 0) is 35.9 Å². The van der Waals surface area contributed by atoms with E-state index in [0.717, 1.165) is 33.9 Å². The van der Waals surface area contributed by atoms with Crippen LogP contribution in [-0.2, 0) is 4.79 Å². The molecule has 0 saturated heterocycles. The molecule has 0 radical (unpaired) electrons. The number of fused-ring (bicyclic) bond motifs is 2. The summed E-state index contributed by atoms with van der Waals surface area (Å²) in [6.07, 6.45) is 2.57. The van der Waals surface area contributed by atoms with E-state index in [-0.39, 0.29) is 17.7 Å². The molecule has 3 unspecified atom stereocenters. The molecule has 0 fully saturated rings. The average molecular weight is 487 g/mol. The molecule has 0 bridgehead atoms. The number of methoxy groups -OCH3 is 4. The normalized spacial score (nSPS) is 20.5. The van der Waals surface area contributed by atoms with Crippen molar-refractivity contribution in [1.29, 1.82) is 0 Å². The van der Waals surface area contributed by atoms with Crippen LogP contribution in [0.5, 0.6) is 23.0 Å². The summed E-state index contributed by atoms with van der Waals surface area (Å²) in [6, 6.07) is 19.2. The zero-order valence-corrected chi connectivity index (χ0v) is 20.8. The maximum atomic E-state index is 13.9. The minimum Gasteiger partial charge on any atom is -0.497 e. The van der Waals surface area contributed by atoms with Crippen molar-refractivity contribution in [1.82, 2.24) is 0 Å². The Morgan fingerprint density at radius 1 is 0.778 bits per heavy atom. The number of ketones is 1. The van der Waals surface area contributed by atoms with E-state index < -0.39 is 5.92 Å². The van der Waals surface area contributed by atoms with Gasteiger partial charge in [-0.2, -0.15) is 0 Å². The molecule has 0 spiro atoms.